The minimum absolute atomic E-state index is 0.272. The summed E-state index contributed by atoms with van der Waals surface area (Å²) >= 11 is 1.45. The first-order valence-corrected chi connectivity index (χ1v) is 4.22. The molecule has 0 amide bonds. The molecule has 41 valence electrons. The van der Waals surface area contributed by atoms with Crippen molar-refractivity contribution in [3.63, 3.8) is 0 Å². The summed E-state index contributed by atoms with van der Waals surface area (Å²) in [7, 11) is 0. The Morgan fingerprint density at radius 2 is 2.14 bits per heavy atom. The molecule has 0 aliphatic heterocycles. The number of ether oxygens (including phenoxy) is 1. The Labute approximate surface area is 56.3 Å². The van der Waals surface area contributed by atoms with Gasteiger partial charge >= 0.3 is 56.0 Å². The molecule has 7 heavy (non-hydrogen) atoms. The van der Waals surface area contributed by atoms with Crippen molar-refractivity contribution in [2.75, 3.05) is 19.9 Å². The van der Waals surface area contributed by atoms with E-state index in [1.165, 1.54) is 22.5 Å². The monoisotopic (exact) mass is 211 g/mol. The van der Waals surface area contributed by atoms with Gasteiger partial charge in [-0.1, -0.05) is 0 Å². The van der Waals surface area contributed by atoms with Gasteiger partial charge in [-0.3, -0.25) is 0 Å². The maximum absolute atomic E-state index is 11.2. The molecule has 0 fully saturated rings. The number of alkyl halides is 1. The Hall–Kier alpha value is 0.689. The Morgan fingerprint density at radius 3 is 2.57 bits per heavy atom. The zero-order valence-electron chi connectivity index (χ0n) is 4.11. The average Bonchev–Trinajstić information content (AvgIpc) is 1.69. The van der Waals surface area contributed by atoms with Crippen LogP contribution >= 0.6 is 0 Å². The predicted octanol–water partition coefficient (Wildman–Crippen LogP) is 0.559. The van der Waals surface area contributed by atoms with Crippen LogP contribution in [0.15, 0.2) is 0 Å². The molecule has 0 heterocycles. The molecule has 0 aromatic rings. The van der Waals surface area contributed by atoms with Crippen molar-refractivity contribution in [3.8, 4) is 0 Å². The summed E-state index contributed by atoms with van der Waals surface area (Å²) in [6.07, 6.45) is 0. The molecule has 0 spiro atoms. The molecule has 0 saturated heterocycles. The van der Waals surface area contributed by atoms with Crippen LogP contribution in [0.4, 0.5) is 4.39 Å². The first-order chi connectivity index (χ1) is 3.41. The normalized spacial score (nSPS) is 9.43. The standard InChI is InChI=1S/C4H8FO.Sn/c1-2-6-4-3-5;/h1-4H2;. The van der Waals surface area contributed by atoms with Gasteiger partial charge in [0, 0.05) is 0 Å². The summed E-state index contributed by atoms with van der Waals surface area (Å²) in [5.74, 6) is 0. The van der Waals surface area contributed by atoms with Crippen molar-refractivity contribution in [3.05, 3.63) is 0 Å². The van der Waals surface area contributed by atoms with E-state index in [0.717, 1.165) is 11.0 Å². The van der Waals surface area contributed by atoms with Crippen molar-refractivity contribution in [1.82, 2.24) is 0 Å². The van der Waals surface area contributed by atoms with Gasteiger partial charge in [-0.05, 0) is 0 Å². The Balaban J connectivity index is 2.45. The van der Waals surface area contributed by atoms with Crippen molar-refractivity contribution >= 4 is 22.5 Å². The van der Waals surface area contributed by atoms with E-state index in [2.05, 4.69) is 0 Å². The molecule has 0 atom stereocenters. The molecule has 1 nitrogen and oxygen atoms in total. The number of halogens is 1. The van der Waals surface area contributed by atoms with E-state index in [-0.39, 0.29) is 13.3 Å². The van der Waals surface area contributed by atoms with Gasteiger partial charge in [0.15, 0.2) is 0 Å². The quantitative estimate of drug-likeness (QED) is 0.486. The fourth-order valence-corrected chi connectivity index (χ4v) is 0.641. The molecule has 0 bridgehead atoms. The van der Waals surface area contributed by atoms with E-state index in [1.54, 1.807) is 0 Å². The van der Waals surface area contributed by atoms with E-state index < -0.39 is 0 Å². The molecule has 3 radical (unpaired) electrons. The van der Waals surface area contributed by atoms with Gasteiger partial charge in [0.2, 0.25) is 0 Å². The SMILES string of the molecule is FCCOC[CH2][Sn]. The van der Waals surface area contributed by atoms with Crippen molar-refractivity contribution in [2.45, 2.75) is 4.44 Å². The van der Waals surface area contributed by atoms with Gasteiger partial charge in [-0.2, -0.15) is 0 Å². The molecule has 0 N–H and O–H groups in total. The van der Waals surface area contributed by atoms with Crippen molar-refractivity contribution in [1.29, 1.82) is 0 Å². The summed E-state index contributed by atoms with van der Waals surface area (Å²) < 4.78 is 17.0. The van der Waals surface area contributed by atoms with Crippen LogP contribution in [-0.2, 0) is 4.74 Å². The van der Waals surface area contributed by atoms with Crippen molar-refractivity contribution < 1.29 is 9.13 Å². The van der Waals surface area contributed by atoms with Crippen LogP contribution in [0.3, 0.4) is 0 Å². The molecule has 0 unspecified atom stereocenters. The second-order valence-electron chi connectivity index (χ2n) is 1.05. The number of hydrogen-bond donors (Lipinski definition) is 0. The number of hydrogen-bond acceptors (Lipinski definition) is 1. The van der Waals surface area contributed by atoms with Crippen LogP contribution < -0.4 is 0 Å². The molecule has 0 aliphatic carbocycles. The molecule has 3 heteroatoms. The molecule has 0 rings (SSSR count). The van der Waals surface area contributed by atoms with E-state index in [1.807, 2.05) is 0 Å². The average molecular weight is 210 g/mol. The summed E-state index contributed by atoms with van der Waals surface area (Å²) in [5, 5.41) is 0. The third-order valence-corrected chi connectivity index (χ3v) is 1.05. The summed E-state index contributed by atoms with van der Waals surface area (Å²) in [6, 6.07) is 0. The van der Waals surface area contributed by atoms with Crippen LogP contribution in [0.2, 0.25) is 4.44 Å². The van der Waals surface area contributed by atoms with E-state index in [0.29, 0.717) is 0 Å². The first kappa shape index (κ1) is 7.69. The van der Waals surface area contributed by atoms with E-state index >= 15 is 0 Å². The third-order valence-electron chi connectivity index (χ3n) is 0.468. The van der Waals surface area contributed by atoms with Crippen LogP contribution in [0.25, 0.3) is 0 Å². The first-order valence-electron chi connectivity index (χ1n) is 2.20. The fraction of sp³-hybridized carbons (Fsp3) is 1.00. The maximum atomic E-state index is 11.2. The van der Waals surface area contributed by atoms with Crippen LogP contribution in [0, 0.1) is 0 Å². The topological polar surface area (TPSA) is 9.23 Å². The summed E-state index contributed by atoms with van der Waals surface area (Å²) in [4.78, 5) is 0. The Bertz CT molecular complexity index is 30.9. The molecule has 0 aromatic heterocycles. The predicted molar refractivity (Wildman–Crippen MR) is 27.4 cm³/mol. The third kappa shape index (κ3) is 6.69. The second kappa shape index (κ2) is 6.69. The number of rotatable bonds is 4. The van der Waals surface area contributed by atoms with Gasteiger partial charge in [0.25, 0.3) is 0 Å². The summed E-state index contributed by atoms with van der Waals surface area (Å²) in [6.45, 7) is 0.646. The van der Waals surface area contributed by atoms with Gasteiger partial charge in [0.1, 0.15) is 0 Å². The van der Waals surface area contributed by atoms with Crippen molar-refractivity contribution in [2.24, 2.45) is 0 Å². The molecule has 0 aliphatic rings. The van der Waals surface area contributed by atoms with Gasteiger partial charge in [-0.25, -0.2) is 0 Å². The molecule has 0 saturated carbocycles. The molecule has 0 aromatic carbocycles. The molecular formula is C4H8FOSn. The van der Waals surface area contributed by atoms with E-state index in [9.17, 15) is 4.39 Å². The Morgan fingerprint density at radius 1 is 1.43 bits per heavy atom. The second-order valence-corrected chi connectivity index (χ2v) is 2.48. The van der Waals surface area contributed by atoms with Crippen LogP contribution in [-0.4, -0.2) is 42.4 Å². The minimum atomic E-state index is -0.351. The van der Waals surface area contributed by atoms with E-state index in [4.69, 9.17) is 4.74 Å². The van der Waals surface area contributed by atoms with Gasteiger partial charge in [-0.15, -0.1) is 0 Å². The van der Waals surface area contributed by atoms with Crippen LogP contribution in [0.5, 0.6) is 0 Å². The van der Waals surface area contributed by atoms with Crippen LogP contribution in [0.1, 0.15) is 0 Å². The van der Waals surface area contributed by atoms with Gasteiger partial charge in [0.05, 0.1) is 0 Å². The summed E-state index contributed by atoms with van der Waals surface area (Å²) in [5.41, 5.74) is 0. The fourth-order valence-electron chi connectivity index (χ4n) is 0.229. The molecular weight excluding hydrogens is 202 g/mol. The zero-order chi connectivity index (χ0) is 5.54. The Kier molecular flexibility index (Phi) is 7.35. The van der Waals surface area contributed by atoms with Gasteiger partial charge < -0.3 is 0 Å². The zero-order valence-corrected chi connectivity index (χ0v) is 6.97.